The van der Waals surface area contributed by atoms with Crippen LogP contribution in [-0.4, -0.2) is 79.2 Å². The monoisotopic (exact) mass is 410 g/mol. The van der Waals surface area contributed by atoms with Crippen LogP contribution in [0.3, 0.4) is 0 Å². The fourth-order valence-corrected chi connectivity index (χ4v) is 2.70. The smallest absolute Gasteiger partial charge is 0.375 e. The number of nitrogens with zero attached hydrogens (tertiary/aromatic N) is 3. The third-order valence-electron chi connectivity index (χ3n) is 3.87. The van der Waals surface area contributed by atoms with Gasteiger partial charge in [-0.15, -0.1) is 0 Å². The summed E-state index contributed by atoms with van der Waals surface area (Å²) in [5.74, 6) is -7.46. The maximum absolute atomic E-state index is 15.1. The van der Waals surface area contributed by atoms with E-state index in [1.165, 1.54) is 0 Å². The molecule has 0 aromatic heterocycles. The number of aliphatic hydroxyl groups excluding tert-OH is 1. The number of nitrogens with two attached hydrogens (primary N) is 1. The molecule has 1 aliphatic rings. The van der Waals surface area contributed by atoms with Crippen LogP contribution in [0, 0.1) is 0 Å². The Morgan fingerprint density at radius 2 is 1.93 bits per heavy atom. The molecule has 0 spiro atoms. The molecule has 3 N–H and O–H groups in total. The summed E-state index contributed by atoms with van der Waals surface area (Å²) >= 11 is 0. The van der Waals surface area contributed by atoms with Gasteiger partial charge < -0.3 is 29.8 Å². The average molecular weight is 410 g/mol. The normalized spacial score (nSPS) is 31.7. The minimum atomic E-state index is -3.78. The predicted molar refractivity (Wildman–Crippen MR) is 84.7 cm³/mol. The molecule has 0 aromatic carbocycles. The second-order valence-electron chi connectivity index (χ2n) is 5.80. The molecule has 1 rings (SSSR count). The molecule has 0 saturated carbocycles. The summed E-state index contributed by atoms with van der Waals surface area (Å²) in [5, 5.41) is 12.5. The molecule has 1 saturated heterocycles. The van der Waals surface area contributed by atoms with Crippen LogP contribution in [0.5, 0.6) is 0 Å². The maximum Gasteiger partial charge on any atom is 0.375 e. The molecule has 158 valence electrons. The van der Waals surface area contributed by atoms with Gasteiger partial charge in [-0.05, 0) is 5.53 Å². The fraction of sp³-hybridized carbons (Fsp3) is 0.786. The molecule has 7 atom stereocenters. The van der Waals surface area contributed by atoms with Gasteiger partial charge in [0.2, 0.25) is 0 Å². The number of carbonyl (C=O) groups excluding carboxylic acids is 3. The summed E-state index contributed by atoms with van der Waals surface area (Å²) in [6.07, 6.45) is -8.11. The van der Waals surface area contributed by atoms with E-state index in [0.29, 0.717) is 0 Å². The predicted octanol–water partition coefficient (Wildman–Crippen LogP) is -0.576. The Morgan fingerprint density at radius 1 is 1.36 bits per heavy atom. The van der Waals surface area contributed by atoms with Crippen LogP contribution in [-0.2, 0) is 33.3 Å². The van der Waals surface area contributed by atoms with Gasteiger partial charge in [0.15, 0.2) is 18.4 Å². The Balaban J connectivity index is 3.46. The minimum absolute atomic E-state index is 0.755. The van der Waals surface area contributed by atoms with Crippen LogP contribution < -0.4 is 5.73 Å². The van der Waals surface area contributed by atoms with E-state index in [2.05, 4.69) is 14.8 Å². The summed E-state index contributed by atoms with van der Waals surface area (Å²) in [7, 11) is 0.755. The zero-order chi connectivity index (χ0) is 21.6. The molecule has 0 aromatic rings. The Hall–Kier alpha value is -2.54. The first-order valence-corrected chi connectivity index (χ1v) is 7.87. The van der Waals surface area contributed by atoms with Gasteiger partial charge in [-0.3, -0.25) is 9.59 Å². The van der Waals surface area contributed by atoms with Gasteiger partial charge in [0.05, 0.1) is 19.8 Å². The summed E-state index contributed by atoms with van der Waals surface area (Å²) in [6, 6.07) is -3.64. The average Bonchev–Trinajstić information content (AvgIpc) is 2.63. The van der Waals surface area contributed by atoms with Crippen LogP contribution in [0.4, 0.5) is 8.78 Å². The van der Waals surface area contributed by atoms with Crippen LogP contribution in [0.2, 0.25) is 0 Å². The SMILES string of the molecule is COC(=O)C1(F)OC([C@H](OC(C)=O)[C@@H](CO)OC(C)=O)C(N)C(N=[N+]=[N-])C1F. The van der Waals surface area contributed by atoms with Gasteiger partial charge in [0.25, 0.3) is 0 Å². The highest BCUT2D eigenvalue weighted by Crippen LogP contribution is 2.38. The number of alkyl halides is 2. The van der Waals surface area contributed by atoms with Crippen molar-refractivity contribution in [3.63, 3.8) is 0 Å². The number of hydrogen-bond donors (Lipinski definition) is 2. The maximum atomic E-state index is 15.1. The van der Waals surface area contributed by atoms with Crippen molar-refractivity contribution >= 4 is 17.9 Å². The van der Waals surface area contributed by atoms with Gasteiger partial charge in [-0.1, -0.05) is 5.11 Å². The Bertz CT molecular complexity index is 661. The minimum Gasteiger partial charge on any atom is -0.465 e. The number of methoxy groups -OCH3 is 1. The van der Waals surface area contributed by atoms with Crippen molar-refractivity contribution in [2.45, 2.75) is 56.3 Å². The summed E-state index contributed by atoms with van der Waals surface area (Å²) in [4.78, 5) is 36.8. The van der Waals surface area contributed by atoms with Crippen molar-refractivity contribution in [1.82, 2.24) is 0 Å². The van der Waals surface area contributed by atoms with Crippen molar-refractivity contribution in [2.24, 2.45) is 10.8 Å². The van der Waals surface area contributed by atoms with Gasteiger partial charge in [-0.2, -0.15) is 4.39 Å². The molecule has 12 nitrogen and oxygen atoms in total. The molecule has 14 heteroatoms. The first kappa shape index (κ1) is 23.5. The lowest BCUT2D eigenvalue weighted by molar-refractivity contribution is -0.278. The number of ether oxygens (including phenoxy) is 4. The third kappa shape index (κ3) is 4.84. The van der Waals surface area contributed by atoms with Crippen molar-refractivity contribution < 1.29 is 47.2 Å². The van der Waals surface area contributed by atoms with Crippen molar-refractivity contribution in [3.05, 3.63) is 10.4 Å². The number of esters is 3. The number of azide groups is 1. The lowest BCUT2D eigenvalue weighted by atomic mass is 9.87. The second-order valence-corrected chi connectivity index (χ2v) is 5.80. The van der Waals surface area contributed by atoms with Gasteiger partial charge >= 0.3 is 23.8 Å². The van der Waals surface area contributed by atoms with Crippen molar-refractivity contribution in [3.8, 4) is 0 Å². The number of rotatable bonds is 7. The highest BCUT2D eigenvalue weighted by molar-refractivity contribution is 5.79. The molecule has 1 aliphatic heterocycles. The summed E-state index contributed by atoms with van der Waals surface area (Å²) in [6.45, 7) is 0.992. The van der Waals surface area contributed by atoms with Crippen molar-refractivity contribution in [2.75, 3.05) is 13.7 Å². The van der Waals surface area contributed by atoms with E-state index < -0.39 is 66.9 Å². The zero-order valence-corrected chi connectivity index (χ0v) is 15.2. The van der Waals surface area contributed by atoms with Gasteiger partial charge in [-0.25, -0.2) is 9.18 Å². The van der Waals surface area contributed by atoms with Gasteiger partial charge in [0.1, 0.15) is 6.10 Å². The molecule has 1 fully saturated rings. The van der Waals surface area contributed by atoms with E-state index in [1.807, 2.05) is 0 Å². The fourth-order valence-electron chi connectivity index (χ4n) is 2.70. The topological polar surface area (TPSA) is 183 Å². The molecule has 5 unspecified atom stereocenters. The van der Waals surface area contributed by atoms with E-state index in [9.17, 15) is 23.9 Å². The first-order chi connectivity index (χ1) is 13.0. The van der Waals surface area contributed by atoms with E-state index >= 15 is 4.39 Å². The third-order valence-corrected chi connectivity index (χ3v) is 3.87. The molecule has 0 aliphatic carbocycles. The molecular formula is C14H20F2N4O8. The number of hydrogen-bond acceptors (Lipinski definition) is 10. The van der Waals surface area contributed by atoms with Crippen LogP contribution in [0.25, 0.3) is 10.4 Å². The van der Waals surface area contributed by atoms with E-state index in [4.69, 9.17) is 25.5 Å². The van der Waals surface area contributed by atoms with Crippen molar-refractivity contribution in [1.29, 1.82) is 0 Å². The van der Waals surface area contributed by atoms with E-state index in [-0.39, 0.29) is 0 Å². The molecular weight excluding hydrogens is 390 g/mol. The van der Waals surface area contributed by atoms with Crippen LogP contribution >= 0.6 is 0 Å². The Labute approximate surface area is 157 Å². The number of halogens is 2. The highest BCUT2D eigenvalue weighted by Gasteiger charge is 2.63. The zero-order valence-electron chi connectivity index (χ0n) is 15.2. The quantitative estimate of drug-likeness (QED) is 0.182. The standard InChI is InChI=1S/C14H20F2N4O8/c1-5(22)26-7(4-21)10(27-6(2)23)11-8(17)9(19-20-18)12(15)14(16,28-11)13(24)25-3/h7-12,21H,4,17H2,1-3H3/t7-,8?,9?,10-,11?,12?,14?/m1/s1. The first-order valence-electron chi connectivity index (χ1n) is 7.87. The lowest BCUT2D eigenvalue weighted by Crippen LogP contribution is -2.70. The van der Waals surface area contributed by atoms with Crippen LogP contribution in [0.1, 0.15) is 13.8 Å². The van der Waals surface area contributed by atoms with Gasteiger partial charge in [0, 0.05) is 24.8 Å². The Kier molecular flexibility index (Phi) is 8.05. The molecule has 28 heavy (non-hydrogen) atoms. The number of carbonyl (C=O) groups is 3. The summed E-state index contributed by atoms with van der Waals surface area (Å²) in [5.41, 5.74) is 14.4. The highest BCUT2D eigenvalue weighted by atomic mass is 19.2. The number of aliphatic hydroxyl groups is 1. The van der Waals surface area contributed by atoms with E-state index in [1.54, 1.807) is 0 Å². The van der Waals surface area contributed by atoms with E-state index in [0.717, 1.165) is 21.0 Å². The molecule has 0 amide bonds. The lowest BCUT2D eigenvalue weighted by Gasteiger charge is -2.45. The Morgan fingerprint density at radius 3 is 2.36 bits per heavy atom. The molecule has 0 radical (unpaired) electrons. The van der Waals surface area contributed by atoms with Crippen LogP contribution in [0.15, 0.2) is 5.11 Å². The second kappa shape index (κ2) is 9.59. The molecule has 0 bridgehead atoms. The largest absolute Gasteiger partial charge is 0.465 e. The molecule has 1 heterocycles. The summed E-state index contributed by atoms with van der Waals surface area (Å²) < 4.78 is 48.4.